The maximum absolute atomic E-state index is 11.9. The number of nitrogens with zero attached hydrogens (tertiary/aromatic N) is 2. The number of para-hydroxylation sites is 2. The van der Waals surface area contributed by atoms with E-state index in [1.807, 2.05) is 48.8 Å². The van der Waals surface area contributed by atoms with Gasteiger partial charge in [0.1, 0.15) is 11.5 Å². The van der Waals surface area contributed by atoms with Crippen molar-refractivity contribution in [3.8, 4) is 11.5 Å². The molecule has 0 saturated heterocycles. The van der Waals surface area contributed by atoms with Crippen LogP contribution in [0.4, 0.5) is 0 Å². The van der Waals surface area contributed by atoms with E-state index in [1.165, 1.54) is 0 Å². The fourth-order valence-corrected chi connectivity index (χ4v) is 2.85. The lowest BCUT2D eigenvalue weighted by atomic mass is 10.3. The molecule has 0 bridgehead atoms. The third-order valence-electron chi connectivity index (χ3n) is 4.30. The summed E-state index contributed by atoms with van der Waals surface area (Å²) in [7, 11) is 1.63. The quantitative estimate of drug-likeness (QED) is 0.558. The monoisotopic (exact) mass is 367 g/mol. The highest BCUT2D eigenvalue weighted by Crippen LogP contribution is 2.17. The molecule has 27 heavy (non-hydrogen) atoms. The van der Waals surface area contributed by atoms with Crippen molar-refractivity contribution >= 4 is 16.9 Å². The van der Waals surface area contributed by atoms with Gasteiger partial charge < -0.3 is 19.4 Å². The molecule has 0 aliphatic carbocycles. The summed E-state index contributed by atoms with van der Waals surface area (Å²) < 4.78 is 12.8. The lowest BCUT2D eigenvalue weighted by molar-refractivity contribution is -0.121. The molecule has 0 atom stereocenters. The Morgan fingerprint density at radius 3 is 2.67 bits per heavy atom. The van der Waals surface area contributed by atoms with Crippen LogP contribution in [0.25, 0.3) is 11.0 Å². The van der Waals surface area contributed by atoms with Crippen molar-refractivity contribution in [3.63, 3.8) is 0 Å². The first-order valence-electron chi connectivity index (χ1n) is 9.19. The Morgan fingerprint density at radius 2 is 1.85 bits per heavy atom. The fourth-order valence-electron chi connectivity index (χ4n) is 2.85. The van der Waals surface area contributed by atoms with Gasteiger partial charge in [-0.15, -0.1) is 0 Å². The van der Waals surface area contributed by atoms with Gasteiger partial charge in [-0.1, -0.05) is 12.1 Å². The molecule has 2 aromatic carbocycles. The summed E-state index contributed by atoms with van der Waals surface area (Å²) in [5.41, 5.74) is 2.12. The molecule has 0 spiro atoms. The highest BCUT2D eigenvalue weighted by atomic mass is 16.5. The second kappa shape index (κ2) is 9.62. The lowest BCUT2D eigenvalue weighted by Gasteiger charge is -2.08. The average molecular weight is 367 g/mol. The number of hydrogen-bond donors (Lipinski definition) is 1. The van der Waals surface area contributed by atoms with Gasteiger partial charge in [-0.25, -0.2) is 4.98 Å². The van der Waals surface area contributed by atoms with Crippen LogP contribution in [0.15, 0.2) is 54.9 Å². The van der Waals surface area contributed by atoms with Crippen molar-refractivity contribution in [3.05, 3.63) is 54.9 Å². The number of aromatic nitrogens is 2. The van der Waals surface area contributed by atoms with Crippen LogP contribution < -0.4 is 14.8 Å². The smallest absolute Gasteiger partial charge is 0.220 e. The van der Waals surface area contributed by atoms with E-state index in [2.05, 4.69) is 20.9 Å². The van der Waals surface area contributed by atoms with E-state index in [0.29, 0.717) is 26.0 Å². The fraction of sp³-hybridized carbons (Fsp3) is 0.333. The molecule has 0 fully saturated rings. The van der Waals surface area contributed by atoms with E-state index in [1.54, 1.807) is 7.11 Å². The Bertz CT molecular complexity index is 858. The van der Waals surface area contributed by atoms with Crippen molar-refractivity contribution in [2.24, 2.45) is 0 Å². The van der Waals surface area contributed by atoms with Gasteiger partial charge >= 0.3 is 0 Å². The van der Waals surface area contributed by atoms with Gasteiger partial charge in [0.05, 0.1) is 31.1 Å². The first kappa shape index (κ1) is 18.8. The van der Waals surface area contributed by atoms with Crippen molar-refractivity contribution < 1.29 is 14.3 Å². The van der Waals surface area contributed by atoms with E-state index < -0.39 is 0 Å². The zero-order valence-corrected chi connectivity index (χ0v) is 15.6. The van der Waals surface area contributed by atoms with Crippen molar-refractivity contribution in [1.29, 1.82) is 0 Å². The number of ether oxygens (including phenoxy) is 2. The maximum atomic E-state index is 11.9. The number of nitrogens with one attached hydrogen (secondary N) is 1. The van der Waals surface area contributed by atoms with Crippen molar-refractivity contribution in [1.82, 2.24) is 14.9 Å². The van der Waals surface area contributed by atoms with Crippen molar-refractivity contribution in [2.45, 2.75) is 25.8 Å². The summed E-state index contributed by atoms with van der Waals surface area (Å²) >= 11 is 0. The minimum Gasteiger partial charge on any atom is -0.497 e. The molecule has 1 aromatic heterocycles. The summed E-state index contributed by atoms with van der Waals surface area (Å²) in [5.74, 6) is 1.64. The topological polar surface area (TPSA) is 65.4 Å². The third-order valence-corrected chi connectivity index (χ3v) is 4.30. The number of carbonyl (C=O) groups is 1. The normalized spacial score (nSPS) is 10.7. The summed E-state index contributed by atoms with van der Waals surface area (Å²) in [5, 5.41) is 2.96. The zero-order valence-electron chi connectivity index (χ0n) is 15.6. The average Bonchev–Trinajstić information content (AvgIpc) is 3.12. The molecule has 3 rings (SSSR count). The van der Waals surface area contributed by atoms with Crippen LogP contribution in [0.2, 0.25) is 0 Å². The van der Waals surface area contributed by atoms with Gasteiger partial charge in [0.15, 0.2) is 0 Å². The summed E-state index contributed by atoms with van der Waals surface area (Å²) in [6, 6.07) is 15.5. The van der Waals surface area contributed by atoms with E-state index in [4.69, 9.17) is 9.47 Å². The Hall–Kier alpha value is -3.02. The number of amides is 1. The van der Waals surface area contributed by atoms with Crippen molar-refractivity contribution in [2.75, 3.05) is 20.3 Å². The van der Waals surface area contributed by atoms with Gasteiger partial charge in [-0.2, -0.15) is 0 Å². The first-order valence-corrected chi connectivity index (χ1v) is 9.19. The molecule has 0 aliphatic heterocycles. The Labute approximate surface area is 159 Å². The molecule has 0 saturated carbocycles. The number of methoxy groups -OCH3 is 1. The van der Waals surface area contributed by atoms with Gasteiger partial charge in [0, 0.05) is 19.5 Å². The number of aryl methyl sites for hydroxylation is 1. The maximum Gasteiger partial charge on any atom is 0.220 e. The molecular weight excluding hydrogens is 342 g/mol. The number of fused-ring (bicyclic) bond motifs is 1. The van der Waals surface area contributed by atoms with E-state index in [0.717, 1.165) is 35.5 Å². The lowest BCUT2D eigenvalue weighted by Crippen LogP contribution is -2.25. The Kier molecular flexibility index (Phi) is 6.68. The highest BCUT2D eigenvalue weighted by molar-refractivity contribution is 5.76. The predicted octanol–water partition coefficient (Wildman–Crippen LogP) is 3.41. The second-order valence-corrected chi connectivity index (χ2v) is 6.26. The summed E-state index contributed by atoms with van der Waals surface area (Å²) in [4.78, 5) is 16.3. The largest absolute Gasteiger partial charge is 0.497 e. The highest BCUT2D eigenvalue weighted by Gasteiger charge is 2.03. The SMILES string of the molecule is COc1ccc(OCCCC(=O)NCCCn2cnc3ccccc32)cc1. The van der Waals surface area contributed by atoms with E-state index in [-0.39, 0.29) is 5.91 Å². The van der Waals surface area contributed by atoms with Crippen LogP contribution in [0.1, 0.15) is 19.3 Å². The zero-order chi connectivity index (χ0) is 18.9. The predicted molar refractivity (Wildman–Crippen MR) is 105 cm³/mol. The summed E-state index contributed by atoms with van der Waals surface area (Å²) in [6.07, 6.45) is 3.87. The van der Waals surface area contributed by atoms with E-state index >= 15 is 0 Å². The molecule has 1 heterocycles. The molecule has 6 heteroatoms. The van der Waals surface area contributed by atoms with Crippen LogP contribution in [0, 0.1) is 0 Å². The van der Waals surface area contributed by atoms with Crippen LogP contribution in [-0.4, -0.2) is 35.7 Å². The minimum atomic E-state index is 0.0591. The molecule has 3 aromatic rings. The van der Waals surface area contributed by atoms with Gasteiger partial charge in [-0.05, 0) is 49.2 Å². The van der Waals surface area contributed by atoms with Crippen LogP contribution in [0.5, 0.6) is 11.5 Å². The standard InChI is InChI=1S/C21H25N3O3/c1-26-17-9-11-18(12-10-17)27-15-4-8-21(25)22-13-5-14-24-16-23-19-6-2-3-7-20(19)24/h2-3,6-7,9-12,16H,4-5,8,13-15H2,1H3,(H,22,25). The molecule has 1 N–H and O–H groups in total. The number of hydrogen-bond acceptors (Lipinski definition) is 4. The molecule has 0 unspecified atom stereocenters. The summed E-state index contributed by atoms with van der Waals surface area (Å²) in [6.45, 7) is 2.01. The Balaban J connectivity index is 1.28. The van der Waals surface area contributed by atoms with Crippen LogP contribution in [0.3, 0.4) is 0 Å². The van der Waals surface area contributed by atoms with Gasteiger partial charge in [0.25, 0.3) is 0 Å². The molecule has 6 nitrogen and oxygen atoms in total. The molecule has 1 amide bonds. The first-order chi connectivity index (χ1) is 13.3. The third kappa shape index (κ3) is 5.48. The van der Waals surface area contributed by atoms with Crippen LogP contribution in [-0.2, 0) is 11.3 Å². The minimum absolute atomic E-state index is 0.0591. The molecular formula is C21H25N3O3. The van der Waals surface area contributed by atoms with Gasteiger partial charge in [0.2, 0.25) is 5.91 Å². The number of rotatable bonds is 10. The number of imidazole rings is 1. The van der Waals surface area contributed by atoms with Crippen LogP contribution >= 0.6 is 0 Å². The Morgan fingerprint density at radius 1 is 1.07 bits per heavy atom. The molecule has 0 radical (unpaired) electrons. The molecule has 142 valence electrons. The number of benzene rings is 2. The second-order valence-electron chi connectivity index (χ2n) is 6.26. The number of carbonyl (C=O) groups excluding carboxylic acids is 1. The van der Waals surface area contributed by atoms with Gasteiger partial charge in [-0.3, -0.25) is 4.79 Å². The molecule has 0 aliphatic rings. The van der Waals surface area contributed by atoms with E-state index in [9.17, 15) is 4.79 Å².